The van der Waals surface area contributed by atoms with Crippen molar-refractivity contribution < 1.29 is 8.42 Å². The molecule has 84 valence electrons. The van der Waals surface area contributed by atoms with E-state index in [0.29, 0.717) is 18.8 Å². The summed E-state index contributed by atoms with van der Waals surface area (Å²) < 4.78 is 25.9. The Labute approximate surface area is 90.0 Å². The third-order valence-electron chi connectivity index (χ3n) is 1.78. The Morgan fingerprint density at radius 2 is 2.07 bits per heavy atom. The smallest absolute Gasteiger partial charge is 0.244 e. The lowest BCUT2D eigenvalue weighted by atomic mass is 10.4. The van der Waals surface area contributed by atoms with Gasteiger partial charge in [-0.25, -0.2) is 13.1 Å². The summed E-state index contributed by atoms with van der Waals surface area (Å²) in [5, 5.41) is 2.98. The zero-order chi connectivity index (χ0) is 11.3. The van der Waals surface area contributed by atoms with Gasteiger partial charge in [-0.3, -0.25) is 4.98 Å². The van der Waals surface area contributed by atoms with Crippen molar-refractivity contribution in [1.82, 2.24) is 9.71 Å². The monoisotopic (exact) mass is 229 g/mol. The van der Waals surface area contributed by atoms with E-state index < -0.39 is 10.0 Å². The molecule has 0 aliphatic carbocycles. The molecule has 1 aromatic heterocycles. The number of hydrogen-bond donors (Lipinski definition) is 2. The van der Waals surface area contributed by atoms with Gasteiger partial charge in [0.2, 0.25) is 10.0 Å². The Kier molecular flexibility index (Phi) is 4.05. The summed E-state index contributed by atoms with van der Waals surface area (Å²) in [6.07, 6.45) is 2.90. The second-order valence-corrected chi connectivity index (χ2v) is 4.64. The molecule has 0 saturated heterocycles. The van der Waals surface area contributed by atoms with Crippen LogP contribution in [0.15, 0.2) is 23.4 Å². The predicted octanol–water partition coefficient (Wildman–Crippen LogP) is 0.812. The molecule has 15 heavy (non-hydrogen) atoms. The summed E-state index contributed by atoms with van der Waals surface area (Å²) in [5.41, 5.74) is 0.577. The molecule has 0 amide bonds. The molecule has 2 N–H and O–H groups in total. The van der Waals surface area contributed by atoms with Crippen LogP contribution in [-0.4, -0.2) is 26.5 Å². The molecule has 5 nitrogen and oxygen atoms in total. The number of rotatable bonds is 5. The number of aromatic nitrogens is 1. The van der Waals surface area contributed by atoms with E-state index in [0.717, 1.165) is 0 Å². The summed E-state index contributed by atoms with van der Waals surface area (Å²) in [7, 11) is -3.44. The molecule has 0 fully saturated rings. The van der Waals surface area contributed by atoms with Crippen molar-refractivity contribution >= 4 is 15.7 Å². The van der Waals surface area contributed by atoms with E-state index in [-0.39, 0.29) is 4.90 Å². The van der Waals surface area contributed by atoms with Crippen LogP contribution in [0.3, 0.4) is 0 Å². The fourth-order valence-corrected chi connectivity index (χ4v) is 2.36. The molecule has 0 aliphatic heterocycles. The van der Waals surface area contributed by atoms with Gasteiger partial charge in [-0.1, -0.05) is 6.92 Å². The van der Waals surface area contributed by atoms with Crippen LogP contribution in [-0.2, 0) is 10.0 Å². The highest BCUT2D eigenvalue weighted by molar-refractivity contribution is 7.89. The minimum Gasteiger partial charge on any atom is -0.384 e. The number of nitrogens with zero attached hydrogens (tertiary/aromatic N) is 1. The van der Waals surface area contributed by atoms with Gasteiger partial charge in [0.1, 0.15) is 4.90 Å². The lowest BCUT2D eigenvalue weighted by Gasteiger charge is -2.10. The summed E-state index contributed by atoms with van der Waals surface area (Å²) in [4.78, 5) is 4.01. The molecular weight excluding hydrogens is 214 g/mol. The minimum absolute atomic E-state index is 0.189. The zero-order valence-electron chi connectivity index (χ0n) is 8.82. The molecule has 0 radical (unpaired) electrons. The van der Waals surface area contributed by atoms with Crippen LogP contribution in [0.25, 0.3) is 0 Å². The Bertz CT molecular complexity index is 417. The molecule has 0 atom stereocenters. The van der Waals surface area contributed by atoms with Crippen molar-refractivity contribution in [2.75, 3.05) is 18.4 Å². The number of sulfonamides is 1. The topological polar surface area (TPSA) is 71.1 Å². The zero-order valence-corrected chi connectivity index (χ0v) is 9.63. The maximum Gasteiger partial charge on any atom is 0.244 e. The van der Waals surface area contributed by atoms with E-state index >= 15 is 0 Å². The number of hydrogen-bond acceptors (Lipinski definition) is 4. The maximum atomic E-state index is 11.7. The molecular formula is C9H15N3O2S. The summed E-state index contributed by atoms with van der Waals surface area (Å²) in [5.74, 6) is 0. The van der Waals surface area contributed by atoms with Crippen molar-refractivity contribution in [2.45, 2.75) is 18.7 Å². The second-order valence-electron chi connectivity index (χ2n) is 2.90. The van der Waals surface area contributed by atoms with E-state index in [1.165, 1.54) is 6.20 Å². The molecule has 6 heteroatoms. The molecule has 0 aliphatic rings. The first-order valence-electron chi connectivity index (χ1n) is 4.79. The third-order valence-corrected chi connectivity index (χ3v) is 3.35. The average Bonchev–Trinajstić information content (AvgIpc) is 2.19. The molecule has 0 bridgehead atoms. The molecule has 0 saturated carbocycles. The van der Waals surface area contributed by atoms with Gasteiger partial charge in [0.05, 0.1) is 5.69 Å². The molecule has 0 spiro atoms. The normalized spacial score (nSPS) is 11.3. The van der Waals surface area contributed by atoms with Crippen molar-refractivity contribution in [3.8, 4) is 0 Å². The summed E-state index contributed by atoms with van der Waals surface area (Å²) in [6.45, 7) is 4.67. The van der Waals surface area contributed by atoms with Gasteiger partial charge < -0.3 is 5.32 Å². The number of nitrogens with one attached hydrogen (secondary N) is 2. The lowest BCUT2D eigenvalue weighted by molar-refractivity contribution is 0.584. The standard InChI is InChI=1S/C9H15N3O2S/c1-3-11-8-5-6-10-7-9(8)15(13,14)12-4-2/h5-7,12H,3-4H2,1-2H3,(H,10,11). The molecule has 0 aromatic carbocycles. The first-order chi connectivity index (χ1) is 7.11. The SMILES string of the molecule is CCNc1ccncc1S(=O)(=O)NCC. The highest BCUT2D eigenvalue weighted by atomic mass is 32.2. The summed E-state index contributed by atoms with van der Waals surface area (Å²) in [6, 6.07) is 1.65. The van der Waals surface area contributed by atoms with Gasteiger partial charge in [0.15, 0.2) is 0 Å². The van der Waals surface area contributed by atoms with Crippen molar-refractivity contribution in [1.29, 1.82) is 0 Å². The van der Waals surface area contributed by atoms with E-state index in [1.807, 2.05) is 6.92 Å². The van der Waals surface area contributed by atoms with Gasteiger partial charge in [-0.2, -0.15) is 0 Å². The maximum absolute atomic E-state index is 11.7. The number of anilines is 1. The first-order valence-corrected chi connectivity index (χ1v) is 6.27. The fraction of sp³-hybridized carbons (Fsp3) is 0.444. The van der Waals surface area contributed by atoms with Crippen LogP contribution in [0.1, 0.15) is 13.8 Å². The van der Waals surface area contributed by atoms with Crippen LogP contribution < -0.4 is 10.0 Å². The fourth-order valence-electron chi connectivity index (χ4n) is 1.20. The van der Waals surface area contributed by atoms with E-state index in [1.54, 1.807) is 19.2 Å². The molecule has 1 heterocycles. The minimum atomic E-state index is -3.44. The predicted molar refractivity (Wildman–Crippen MR) is 59.3 cm³/mol. The van der Waals surface area contributed by atoms with Crippen LogP contribution in [0.4, 0.5) is 5.69 Å². The van der Waals surface area contributed by atoms with Gasteiger partial charge in [0.25, 0.3) is 0 Å². The first kappa shape index (κ1) is 11.9. The van der Waals surface area contributed by atoms with Gasteiger partial charge in [0, 0.05) is 25.5 Å². The second kappa shape index (κ2) is 5.09. The number of pyridine rings is 1. The highest BCUT2D eigenvalue weighted by Gasteiger charge is 2.16. The van der Waals surface area contributed by atoms with Gasteiger partial charge in [-0.15, -0.1) is 0 Å². The lowest BCUT2D eigenvalue weighted by Crippen LogP contribution is -2.24. The van der Waals surface area contributed by atoms with Crippen LogP contribution in [0, 0.1) is 0 Å². The van der Waals surface area contributed by atoms with Crippen LogP contribution in [0.5, 0.6) is 0 Å². The van der Waals surface area contributed by atoms with Crippen LogP contribution >= 0.6 is 0 Å². The summed E-state index contributed by atoms with van der Waals surface area (Å²) >= 11 is 0. The Morgan fingerprint density at radius 1 is 1.33 bits per heavy atom. The molecule has 0 unspecified atom stereocenters. The molecule has 1 aromatic rings. The average molecular weight is 229 g/mol. The van der Waals surface area contributed by atoms with Crippen LogP contribution in [0.2, 0.25) is 0 Å². The highest BCUT2D eigenvalue weighted by Crippen LogP contribution is 2.18. The van der Waals surface area contributed by atoms with Crippen molar-refractivity contribution in [2.24, 2.45) is 0 Å². The van der Waals surface area contributed by atoms with E-state index in [9.17, 15) is 8.42 Å². The quantitative estimate of drug-likeness (QED) is 0.784. The Hall–Kier alpha value is -1.14. The largest absolute Gasteiger partial charge is 0.384 e. The van der Waals surface area contributed by atoms with E-state index in [4.69, 9.17) is 0 Å². The van der Waals surface area contributed by atoms with E-state index in [2.05, 4.69) is 15.0 Å². The Morgan fingerprint density at radius 3 is 2.67 bits per heavy atom. The van der Waals surface area contributed by atoms with Gasteiger partial charge in [-0.05, 0) is 13.0 Å². The van der Waals surface area contributed by atoms with Gasteiger partial charge >= 0.3 is 0 Å². The van der Waals surface area contributed by atoms with Crippen molar-refractivity contribution in [3.05, 3.63) is 18.5 Å². The Balaban J connectivity index is 3.12. The third kappa shape index (κ3) is 2.90. The molecule has 1 rings (SSSR count). The van der Waals surface area contributed by atoms with Crippen molar-refractivity contribution in [3.63, 3.8) is 0 Å².